The largest absolute Gasteiger partial charge is 0.503 e. The molecule has 1 amide bonds. The van der Waals surface area contributed by atoms with E-state index in [-0.39, 0.29) is 34.8 Å². The topological polar surface area (TPSA) is 80.0 Å². The molecule has 1 aromatic heterocycles. The van der Waals surface area contributed by atoms with Crippen LogP contribution in [0.4, 0.5) is 0 Å². The molecule has 1 N–H and O–H groups in total. The molecule has 0 radical (unpaired) electrons. The van der Waals surface area contributed by atoms with E-state index in [0.29, 0.717) is 26.0 Å². The molecule has 4 aromatic rings. The predicted octanol–water partition coefficient (Wildman–Crippen LogP) is 6.29. The molecule has 1 unspecified atom stereocenters. The highest BCUT2D eigenvalue weighted by Gasteiger charge is 2.43. The van der Waals surface area contributed by atoms with Crippen LogP contribution in [0.5, 0.6) is 11.5 Å². The van der Waals surface area contributed by atoms with Gasteiger partial charge >= 0.3 is 0 Å². The molecule has 5 rings (SSSR count). The van der Waals surface area contributed by atoms with Crippen LogP contribution < -0.4 is 10.2 Å². The number of halogens is 2. The third kappa shape index (κ3) is 3.79. The molecule has 0 bridgehead atoms. The van der Waals surface area contributed by atoms with E-state index in [0.717, 1.165) is 16.7 Å². The van der Waals surface area contributed by atoms with Crippen molar-refractivity contribution in [2.24, 2.45) is 0 Å². The number of ether oxygens (including phenoxy) is 1. The minimum Gasteiger partial charge on any atom is -0.503 e. The Labute approximate surface area is 214 Å². The number of aromatic hydroxyl groups is 1. The summed E-state index contributed by atoms with van der Waals surface area (Å²) in [6, 6.07) is 13.5. The lowest BCUT2D eigenvalue weighted by atomic mass is 9.97. The Hall–Kier alpha value is -3.29. The number of hydrogen-bond donors (Lipinski definition) is 1. The molecule has 0 spiro atoms. The van der Waals surface area contributed by atoms with Gasteiger partial charge in [0.05, 0.1) is 28.6 Å². The number of benzene rings is 3. The fourth-order valence-electron chi connectivity index (χ4n) is 4.70. The average Bonchev–Trinajstić information content (AvgIpc) is 3.10. The van der Waals surface area contributed by atoms with Gasteiger partial charge in [-0.2, -0.15) is 0 Å². The molecule has 1 aliphatic rings. The molecule has 0 saturated carbocycles. The molecule has 2 heterocycles. The Morgan fingerprint density at radius 1 is 1.14 bits per heavy atom. The van der Waals surface area contributed by atoms with Crippen LogP contribution in [0.2, 0.25) is 5.02 Å². The van der Waals surface area contributed by atoms with Crippen molar-refractivity contribution in [3.8, 4) is 11.5 Å². The maximum atomic E-state index is 13.9. The first kappa shape index (κ1) is 23.5. The summed E-state index contributed by atoms with van der Waals surface area (Å²) in [4.78, 5) is 29.2. The number of amides is 1. The Morgan fingerprint density at radius 2 is 1.89 bits per heavy atom. The van der Waals surface area contributed by atoms with Gasteiger partial charge in [0, 0.05) is 11.6 Å². The number of fused-ring (bicyclic) bond motifs is 2. The molecule has 0 saturated heterocycles. The van der Waals surface area contributed by atoms with Crippen LogP contribution in [0.25, 0.3) is 11.0 Å². The number of phenols is 1. The van der Waals surface area contributed by atoms with E-state index in [1.165, 1.54) is 7.11 Å². The number of aryl methyl sites for hydroxylation is 2. The Balaban J connectivity index is 1.80. The highest BCUT2D eigenvalue weighted by Crippen LogP contribution is 2.44. The van der Waals surface area contributed by atoms with Crippen molar-refractivity contribution >= 4 is 44.4 Å². The molecule has 0 aliphatic carbocycles. The molecule has 8 heteroatoms. The van der Waals surface area contributed by atoms with E-state index < -0.39 is 11.9 Å². The standard InChI is InChI=1S/C27H21BrClNO5/c1-13-8-14(2)25-17(9-13)23(31)21-22(16-10-18(28)24(32)20(11-16)34-3)30(27(33)26(21)35-25)12-15-6-4-5-7-19(15)29/h4-11,22,32H,12H2,1-3H3. The lowest BCUT2D eigenvalue weighted by molar-refractivity contribution is 0.0714. The van der Waals surface area contributed by atoms with Gasteiger partial charge in [0.2, 0.25) is 5.76 Å². The van der Waals surface area contributed by atoms with Crippen LogP contribution in [0.15, 0.2) is 62.2 Å². The summed E-state index contributed by atoms with van der Waals surface area (Å²) in [5.74, 6) is -0.262. The zero-order chi connectivity index (χ0) is 25.0. The van der Waals surface area contributed by atoms with E-state index in [9.17, 15) is 14.7 Å². The van der Waals surface area contributed by atoms with Gasteiger partial charge in [-0.25, -0.2) is 0 Å². The van der Waals surface area contributed by atoms with Gasteiger partial charge in [-0.1, -0.05) is 35.9 Å². The van der Waals surface area contributed by atoms with Gasteiger partial charge in [0.25, 0.3) is 5.91 Å². The Kier molecular flexibility index (Phi) is 5.85. The van der Waals surface area contributed by atoms with Gasteiger partial charge in [0.15, 0.2) is 16.9 Å². The molecular weight excluding hydrogens is 534 g/mol. The molecular formula is C27H21BrClNO5. The second-order valence-corrected chi connectivity index (χ2v) is 9.87. The van der Waals surface area contributed by atoms with Crippen molar-refractivity contribution in [2.75, 3.05) is 7.11 Å². The first-order valence-electron chi connectivity index (χ1n) is 10.9. The van der Waals surface area contributed by atoms with Crippen LogP contribution in [-0.4, -0.2) is 23.0 Å². The Bertz CT molecular complexity index is 1580. The first-order valence-corrected chi connectivity index (χ1v) is 12.1. The normalized spacial score (nSPS) is 15.1. The summed E-state index contributed by atoms with van der Waals surface area (Å²) < 4.78 is 11.8. The number of hydrogen-bond acceptors (Lipinski definition) is 5. The van der Waals surface area contributed by atoms with E-state index in [4.69, 9.17) is 20.8 Å². The monoisotopic (exact) mass is 553 g/mol. The van der Waals surface area contributed by atoms with Crippen molar-refractivity contribution < 1.29 is 19.1 Å². The van der Waals surface area contributed by atoms with Crippen molar-refractivity contribution in [1.82, 2.24) is 4.90 Å². The fourth-order valence-corrected chi connectivity index (χ4v) is 5.36. The van der Waals surface area contributed by atoms with Gasteiger partial charge in [0.1, 0.15) is 5.58 Å². The van der Waals surface area contributed by atoms with Crippen LogP contribution in [0.3, 0.4) is 0 Å². The fraction of sp³-hybridized carbons (Fsp3) is 0.185. The van der Waals surface area contributed by atoms with E-state index >= 15 is 0 Å². The predicted molar refractivity (Wildman–Crippen MR) is 137 cm³/mol. The number of carbonyl (C=O) groups excluding carboxylic acids is 1. The molecule has 35 heavy (non-hydrogen) atoms. The van der Waals surface area contributed by atoms with E-state index in [1.807, 2.05) is 38.1 Å². The number of phenolic OH excluding ortho intramolecular Hbond substituents is 1. The molecule has 1 aliphatic heterocycles. The van der Waals surface area contributed by atoms with Gasteiger partial charge in [-0.3, -0.25) is 9.59 Å². The van der Waals surface area contributed by atoms with E-state index in [1.54, 1.807) is 29.2 Å². The van der Waals surface area contributed by atoms with Crippen molar-refractivity contribution in [1.29, 1.82) is 0 Å². The summed E-state index contributed by atoms with van der Waals surface area (Å²) in [5, 5.41) is 11.3. The highest BCUT2D eigenvalue weighted by molar-refractivity contribution is 9.10. The molecule has 0 fully saturated rings. The minimum atomic E-state index is -0.777. The summed E-state index contributed by atoms with van der Waals surface area (Å²) in [6.07, 6.45) is 0. The van der Waals surface area contributed by atoms with Gasteiger partial charge in [-0.15, -0.1) is 0 Å². The summed E-state index contributed by atoms with van der Waals surface area (Å²) in [6.45, 7) is 3.92. The third-order valence-electron chi connectivity index (χ3n) is 6.28. The zero-order valence-electron chi connectivity index (χ0n) is 19.2. The third-order valence-corrected chi connectivity index (χ3v) is 7.26. The SMILES string of the molecule is COc1cc(C2c3c(oc4c(C)cc(C)cc4c3=O)C(=O)N2Cc2ccccc2Cl)cc(Br)c1O. The first-order chi connectivity index (χ1) is 16.7. The van der Waals surface area contributed by atoms with Crippen LogP contribution in [0, 0.1) is 13.8 Å². The zero-order valence-corrected chi connectivity index (χ0v) is 21.5. The summed E-state index contributed by atoms with van der Waals surface area (Å²) >= 11 is 9.78. The average molecular weight is 555 g/mol. The number of nitrogens with zero attached hydrogens (tertiary/aromatic N) is 1. The van der Waals surface area contributed by atoms with E-state index in [2.05, 4.69) is 15.9 Å². The molecule has 1 atom stereocenters. The number of rotatable bonds is 4. The quantitative estimate of drug-likeness (QED) is 0.321. The van der Waals surface area contributed by atoms with Crippen LogP contribution in [-0.2, 0) is 6.54 Å². The molecule has 3 aromatic carbocycles. The highest BCUT2D eigenvalue weighted by atomic mass is 79.9. The maximum Gasteiger partial charge on any atom is 0.291 e. The smallest absolute Gasteiger partial charge is 0.291 e. The Morgan fingerprint density at radius 3 is 2.60 bits per heavy atom. The summed E-state index contributed by atoms with van der Waals surface area (Å²) in [5.41, 5.74) is 3.40. The molecule has 6 nitrogen and oxygen atoms in total. The van der Waals surface area contributed by atoms with Crippen LogP contribution >= 0.6 is 27.5 Å². The molecule has 178 valence electrons. The van der Waals surface area contributed by atoms with Gasteiger partial charge < -0.3 is 19.2 Å². The second-order valence-electron chi connectivity index (χ2n) is 8.61. The van der Waals surface area contributed by atoms with Crippen LogP contribution in [0.1, 0.15) is 44.4 Å². The summed E-state index contributed by atoms with van der Waals surface area (Å²) in [7, 11) is 1.44. The maximum absolute atomic E-state index is 13.9. The minimum absolute atomic E-state index is 0.00895. The van der Waals surface area contributed by atoms with Crippen molar-refractivity contribution in [2.45, 2.75) is 26.4 Å². The lowest BCUT2D eigenvalue weighted by Crippen LogP contribution is -2.29. The lowest BCUT2D eigenvalue weighted by Gasteiger charge is -2.26. The second kappa shape index (κ2) is 8.73. The number of methoxy groups -OCH3 is 1. The van der Waals surface area contributed by atoms with Crippen molar-refractivity contribution in [3.63, 3.8) is 0 Å². The number of carbonyl (C=O) groups is 1. The van der Waals surface area contributed by atoms with Crippen molar-refractivity contribution in [3.05, 3.63) is 102 Å². The van der Waals surface area contributed by atoms with Gasteiger partial charge in [-0.05, 0) is 76.3 Å².